The van der Waals surface area contributed by atoms with Gasteiger partial charge in [-0.25, -0.2) is 19.9 Å². The Labute approximate surface area is 205 Å². The molecule has 36 heavy (non-hydrogen) atoms. The number of benzene rings is 4. The molecule has 0 spiro atoms. The summed E-state index contributed by atoms with van der Waals surface area (Å²) >= 11 is 0. The molecule has 6 heteroatoms. The largest absolute Gasteiger partial charge is 0.309 e. The first kappa shape index (κ1) is 19.2. The van der Waals surface area contributed by atoms with Gasteiger partial charge < -0.3 is 4.57 Å². The highest BCUT2D eigenvalue weighted by molar-refractivity contribution is 6.28. The van der Waals surface area contributed by atoms with Gasteiger partial charge in [0, 0.05) is 27.2 Å². The van der Waals surface area contributed by atoms with Crippen molar-refractivity contribution < 1.29 is 0 Å². The van der Waals surface area contributed by atoms with Crippen molar-refractivity contribution in [3.63, 3.8) is 0 Å². The summed E-state index contributed by atoms with van der Waals surface area (Å²) in [7, 11) is 0. The first-order valence-corrected chi connectivity index (χ1v) is 11.8. The molecular weight excluding hydrogens is 444 g/mol. The van der Waals surface area contributed by atoms with Crippen LogP contribution in [0.5, 0.6) is 0 Å². The van der Waals surface area contributed by atoms with Crippen LogP contribution in [0.1, 0.15) is 0 Å². The summed E-state index contributed by atoms with van der Waals surface area (Å²) in [6.07, 6.45) is 5.01. The predicted molar refractivity (Wildman–Crippen MR) is 144 cm³/mol. The molecule has 0 fully saturated rings. The van der Waals surface area contributed by atoms with Crippen LogP contribution in [0.2, 0.25) is 0 Å². The van der Waals surface area contributed by atoms with E-state index in [1.165, 1.54) is 38.9 Å². The molecule has 0 amide bonds. The van der Waals surface area contributed by atoms with Crippen LogP contribution in [0.25, 0.3) is 66.3 Å². The Kier molecular flexibility index (Phi) is 3.85. The summed E-state index contributed by atoms with van der Waals surface area (Å²) in [5.74, 6) is 0.606. The zero-order valence-electron chi connectivity index (χ0n) is 19.1. The molecule has 8 aromatic rings. The summed E-state index contributed by atoms with van der Waals surface area (Å²) in [6, 6.07) is 32.0. The van der Waals surface area contributed by atoms with Crippen LogP contribution in [-0.4, -0.2) is 29.1 Å². The number of hydrogen-bond acceptors (Lipinski definition) is 4. The van der Waals surface area contributed by atoms with Crippen molar-refractivity contribution in [2.24, 2.45) is 0 Å². The van der Waals surface area contributed by atoms with Gasteiger partial charge >= 0.3 is 0 Å². The van der Waals surface area contributed by atoms with Crippen LogP contribution in [0.3, 0.4) is 0 Å². The fourth-order valence-corrected chi connectivity index (χ4v) is 5.47. The van der Waals surface area contributed by atoms with Crippen molar-refractivity contribution in [2.75, 3.05) is 0 Å². The van der Waals surface area contributed by atoms with E-state index in [0.29, 0.717) is 5.95 Å². The highest BCUT2D eigenvalue weighted by Gasteiger charge is 2.21. The minimum Gasteiger partial charge on any atom is -0.309 e. The normalized spacial score (nSPS) is 11.9. The average Bonchev–Trinajstić information content (AvgIpc) is 3.46. The Morgan fingerprint density at radius 3 is 1.89 bits per heavy atom. The average molecular weight is 463 g/mol. The molecule has 0 saturated carbocycles. The number of aromatic nitrogens is 6. The SMILES string of the molecule is c1ccc(-n2c3ccccc3c3c4c5ccccc5n(-c5ncc6ncncc6n5)c4ccc32)cc1. The third kappa shape index (κ3) is 2.55. The van der Waals surface area contributed by atoms with Gasteiger partial charge in [0.2, 0.25) is 5.95 Å². The molecule has 4 aromatic carbocycles. The summed E-state index contributed by atoms with van der Waals surface area (Å²) < 4.78 is 4.49. The Morgan fingerprint density at radius 1 is 0.500 bits per heavy atom. The molecule has 0 saturated heterocycles. The lowest BCUT2D eigenvalue weighted by Crippen LogP contribution is -2.01. The molecule has 4 heterocycles. The third-order valence-electron chi connectivity index (χ3n) is 6.93. The van der Waals surface area contributed by atoms with Crippen molar-refractivity contribution in [1.82, 2.24) is 29.1 Å². The van der Waals surface area contributed by atoms with Crippen LogP contribution in [-0.2, 0) is 0 Å². The molecule has 0 aliphatic carbocycles. The minimum atomic E-state index is 0.606. The van der Waals surface area contributed by atoms with E-state index in [4.69, 9.17) is 9.97 Å². The summed E-state index contributed by atoms with van der Waals surface area (Å²) in [4.78, 5) is 18.0. The topological polar surface area (TPSA) is 61.4 Å². The number of hydrogen-bond donors (Lipinski definition) is 0. The van der Waals surface area contributed by atoms with Crippen molar-refractivity contribution in [1.29, 1.82) is 0 Å². The first-order chi connectivity index (χ1) is 17.9. The Bertz CT molecular complexity index is 2100. The van der Waals surface area contributed by atoms with Crippen LogP contribution in [0.4, 0.5) is 0 Å². The fraction of sp³-hybridized carbons (Fsp3) is 0. The highest BCUT2D eigenvalue weighted by atomic mass is 15.2. The summed E-state index contributed by atoms with van der Waals surface area (Å²) in [5, 5.41) is 4.81. The van der Waals surface area contributed by atoms with E-state index in [1.54, 1.807) is 12.4 Å². The molecule has 0 bridgehead atoms. The number of fused-ring (bicyclic) bond motifs is 8. The monoisotopic (exact) mass is 462 g/mol. The second-order valence-corrected chi connectivity index (χ2v) is 8.86. The van der Waals surface area contributed by atoms with Crippen LogP contribution < -0.4 is 0 Å². The quantitative estimate of drug-likeness (QED) is 0.290. The third-order valence-corrected chi connectivity index (χ3v) is 6.93. The number of para-hydroxylation sites is 3. The molecule has 0 atom stereocenters. The minimum absolute atomic E-state index is 0.606. The van der Waals surface area contributed by atoms with Gasteiger partial charge in [-0.1, -0.05) is 54.6 Å². The number of rotatable bonds is 2. The zero-order valence-corrected chi connectivity index (χ0v) is 19.1. The predicted octanol–water partition coefficient (Wildman–Crippen LogP) is 6.61. The van der Waals surface area contributed by atoms with Crippen LogP contribution in [0.15, 0.2) is 110 Å². The van der Waals surface area contributed by atoms with Gasteiger partial charge in [0.25, 0.3) is 0 Å². The van der Waals surface area contributed by atoms with Gasteiger partial charge in [-0.2, -0.15) is 0 Å². The van der Waals surface area contributed by atoms with Crippen molar-refractivity contribution in [3.8, 4) is 11.6 Å². The lowest BCUT2D eigenvalue weighted by atomic mass is 10.1. The molecule has 0 radical (unpaired) electrons. The Balaban J connectivity index is 1.57. The maximum absolute atomic E-state index is 4.83. The van der Waals surface area contributed by atoms with E-state index < -0.39 is 0 Å². The molecule has 8 rings (SSSR count). The second kappa shape index (κ2) is 7.20. The molecular formula is C30H18N6. The Hall–Kier alpha value is -5.10. The van der Waals surface area contributed by atoms with E-state index in [2.05, 4.69) is 110 Å². The summed E-state index contributed by atoms with van der Waals surface area (Å²) in [5.41, 5.74) is 7.07. The van der Waals surface area contributed by atoms with Crippen molar-refractivity contribution in [2.45, 2.75) is 0 Å². The van der Waals surface area contributed by atoms with Gasteiger partial charge in [-0.15, -0.1) is 0 Å². The van der Waals surface area contributed by atoms with E-state index >= 15 is 0 Å². The van der Waals surface area contributed by atoms with Gasteiger partial charge in [-0.05, 0) is 36.4 Å². The molecule has 168 valence electrons. The molecule has 0 aliphatic heterocycles. The van der Waals surface area contributed by atoms with Crippen LogP contribution >= 0.6 is 0 Å². The zero-order chi connectivity index (χ0) is 23.6. The second-order valence-electron chi connectivity index (χ2n) is 8.86. The van der Waals surface area contributed by atoms with Gasteiger partial charge in [0.05, 0.1) is 34.5 Å². The van der Waals surface area contributed by atoms with Gasteiger partial charge in [0.15, 0.2) is 0 Å². The van der Waals surface area contributed by atoms with E-state index in [-0.39, 0.29) is 0 Å². The standard InChI is InChI=1S/C30H18N6/c1-2-8-19(9-3-1)35-24-12-6-4-10-20(24)28-26(35)14-15-27-29(28)21-11-5-7-13-25(21)36(27)30-32-17-22-23(34-30)16-31-18-33-22/h1-18H. The lowest BCUT2D eigenvalue weighted by Gasteiger charge is -2.08. The van der Waals surface area contributed by atoms with Gasteiger partial charge in [-0.3, -0.25) is 4.57 Å². The van der Waals surface area contributed by atoms with Crippen molar-refractivity contribution in [3.05, 3.63) is 110 Å². The number of nitrogens with zero attached hydrogens (tertiary/aromatic N) is 6. The smallest absolute Gasteiger partial charge is 0.235 e. The van der Waals surface area contributed by atoms with E-state index in [0.717, 1.165) is 27.8 Å². The van der Waals surface area contributed by atoms with E-state index in [1.807, 2.05) is 0 Å². The lowest BCUT2D eigenvalue weighted by molar-refractivity contribution is 1.00. The molecule has 4 aromatic heterocycles. The van der Waals surface area contributed by atoms with Crippen LogP contribution in [0, 0.1) is 0 Å². The molecule has 6 nitrogen and oxygen atoms in total. The first-order valence-electron chi connectivity index (χ1n) is 11.8. The molecule has 0 aliphatic rings. The van der Waals surface area contributed by atoms with E-state index in [9.17, 15) is 0 Å². The highest BCUT2D eigenvalue weighted by Crippen LogP contribution is 2.41. The molecule has 0 N–H and O–H groups in total. The maximum Gasteiger partial charge on any atom is 0.235 e. The van der Waals surface area contributed by atoms with Gasteiger partial charge in [0.1, 0.15) is 17.4 Å². The Morgan fingerprint density at radius 2 is 1.14 bits per heavy atom. The van der Waals surface area contributed by atoms with Crippen molar-refractivity contribution >= 4 is 54.6 Å². The maximum atomic E-state index is 4.83. The fourth-order valence-electron chi connectivity index (χ4n) is 5.47. The molecule has 0 unspecified atom stereocenters. The summed E-state index contributed by atoms with van der Waals surface area (Å²) in [6.45, 7) is 0.